The third kappa shape index (κ3) is 4.63. The Hall–Kier alpha value is -1.76. The van der Waals surface area contributed by atoms with E-state index in [9.17, 15) is 13.2 Å². The number of carbonyl (C=O) groups excluding carboxylic acids is 1. The SMILES string of the molecule is CC(C)NC(=O)c1ccc(S(=O)(=O)Nc2ccc(Cl)cc2Cl)cc1. The Kier molecular flexibility index (Phi) is 5.74. The van der Waals surface area contributed by atoms with Crippen molar-refractivity contribution < 1.29 is 13.2 Å². The highest BCUT2D eigenvalue weighted by Crippen LogP contribution is 2.27. The maximum absolute atomic E-state index is 12.4. The highest BCUT2D eigenvalue weighted by atomic mass is 35.5. The van der Waals surface area contributed by atoms with Gasteiger partial charge < -0.3 is 5.32 Å². The van der Waals surface area contributed by atoms with E-state index < -0.39 is 10.0 Å². The van der Waals surface area contributed by atoms with E-state index in [2.05, 4.69) is 10.0 Å². The smallest absolute Gasteiger partial charge is 0.261 e. The summed E-state index contributed by atoms with van der Waals surface area (Å²) in [6, 6.07) is 10.1. The summed E-state index contributed by atoms with van der Waals surface area (Å²) in [5.41, 5.74) is 0.606. The molecule has 5 nitrogen and oxygen atoms in total. The maximum Gasteiger partial charge on any atom is 0.261 e. The lowest BCUT2D eigenvalue weighted by Crippen LogP contribution is -2.30. The molecule has 1 amide bonds. The lowest BCUT2D eigenvalue weighted by Gasteiger charge is -2.11. The van der Waals surface area contributed by atoms with Crippen molar-refractivity contribution in [2.24, 2.45) is 0 Å². The third-order valence-corrected chi connectivity index (χ3v) is 4.95. The molecule has 0 saturated carbocycles. The van der Waals surface area contributed by atoms with Crippen molar-refractivity contribution >= 4 is 44.8 Å². The minimum atomic E-state index is -3.82. The molecule has 2 rings (SSSR count). The van der Waals surface area contributed by atoms with E-state index in [1.807, 2.05) is 13.8 Å². The number of amides is 1. The topological polar surface area (TPSA) is 75.3 Å². The molecule has 0 radical (unpaired) electrons. The Morgan fingerprint density at radius 1 is 1.04 bits per heavy atom. The molecule has 24 heavy (non-hydrogen) atoms. The molecule has 0 aliphatic heterocycles. The summed E-state index contributed by atoms with van der Waals surface area (Å²) in [6.07, 6.45) is 0. The first-order valence-electron chi connectivity index (χ1n) is 7.08. The van der Waals surface area contributed by atoms with Crippen LogP contribution >= 0.6 is 23.2 Å². The van der Waals surface area contributed by atoms with E-state index >= 15 is 0 Å². The number of nitrogens with one attached hydrogen (secondary N) is 2. The van der Waals surface area contributed by atoms with Crippen molar-refractivity contribution in [3.8, 4) is 0 Å². The molecule has 0 aromatic heterocycles. The van der Waals surface area contributed by atoms with E-state index in [1.54, 1.807) is 0 Å². The van der Waals surface area contributed by atoms with Gasteiger partial charge in [-0.25, -0.2) is 8.42 Å². The first-order chi connectivity index (χ1) is 11.2. The van der Waals surface area contributed by atoms with E-state index in [4.69, 9.17) is 23.2 Å². The molecule has 128 valence electrons. The Labute approximate surface area is 151 Å². The van der Waals surface area contributed by atoms with Crippen LogP contribution < -0.4 is 10.0 Å². The second-order valence-corrected chi connectivity index (χ2v) is 7.91. The fraction of sp³-hybridized carbons (Fsp3) is 0.188. The number of benzene rings is 2. The molecule has 0 atom stereocenters. The fourth-order valence-electron chi connectivity index (χ4n) is 1.91. The minimum absolute atomic E-state index is 0.00498. The molecule has 0 fully saturated rings. The van der Waals surface area contributed by atoms with Crippen molar-refractivity contribution in [2.75, 3.05) is 4.72 Å². The molecule has 0 heterocycles. The van der Waals surface area contributed by atoms with E-state index in [-0.39, 0.29) is 27.6 Å². The Bertz CT molecular complexity index is 850. The summed E-state index contributed by atoms with van der Waals surface area (Å²) < 4.78 is 27.2. The lowest BCUT2D eigenvalue weighted by molar-refractivity contribution is 0.0943. The van der Waals surface area contributed by atoms with Crippen LogP contribution in [0, 0.1) is 0 Å². The first-order valence-corrected chi connectivity index (χ1v) is 9.32. The highest BCUT2D eigenvalue weighted by molar-refractivity contribution is 7.92. The Morgan fingerprint density at radius 2 is 1.67 bits per heavy atom. The molecule has 2 N–H and O–H groups in total. The third-order valence-electron chi connectivity index (χ3n) is 3.02. The van der Waals surface area contributed by atoms with Crippen LogP contribution in [0.1, 0.15) is 24.2 Å². The van der Waals surface area contributed by atoms with Crippen molar-refractivity contribution in [3.05, 3.63) is 58.1 Å². The number of anilines is 1. The number of hydrogen-bond acceptors (Lipinski definition) is 3. The predicted octanol–water partition coefficient (Wildman–Crippen LogP) is 3.93. The lowest BCUT2D eigenvalue weighted by atomic mass is 10.2. The Morgan fingerprint density at radius 3 is 2.21 bits per heavy atom. The monoisotopic (exact) mass is 386 g/mol. The molecule has 2 aromatic carbocycles. The van der Waals surface area contributed by atoms with Gasteiger partial charge in [-0.05, 0) is 56.3 Å². The largest absolute Gasteiger partial charge is 0.350 e. The van der Waals surface area contributed by atoms with Gasteiger partial charge in [0.05, 0.1) is 15.6 Å². The molecule has 0 saturated heterocycles. The van der Waals surface area contributed by atoms with Gasteiger partial charge in [-0.1, -0.05) is 23.2 Å². The quantitative estimate of drug-likeness (QED) is 0.816. The van der Waals surface area contributed by atoms with Crippen LogP contribution in [0.3, 0.4) is 0 Å². The number of rotatable bonds is 5. The second-order valence-electron chi connectivity index (χ2n) is 5.38. The summed E-state index contributed by atoms with van der Waals surface area (Å²) in [4.78, 5) is 11.9. The van der Waals surface area contributed by atoms with Gasteiger partial charge in [-0.3, -0.25) is 9.52 Å². The zero-order chi connectivity index (χ0) is 17.9. The molecule has 0 spiro atoms. The summed E-state index contributed by atoms with van der Waals surface area (Å²) in [5.74, 6) is -0.261. The van der Waals surface area contributed by atoms with Crippen LogP contribution in [0.15, 0.2) is 47.4 Å². The molecular formula is C16H16Cl2N2O3S. The van der Waals surface area contributed by atoms with E-state index in [1.165, 1.54) is 42.5 Å². The minimum Gasteiger partial charge on any atom is -0.350 e. The van der Waals surface area contributed by atoms with E-state index in [0.29, 0.717) is 10.6 Å². The van der Waals surface area contributed by atoms with Gasteiger partial charge in [0, 0.05) is 16.6 Å². The second kappa shape index (κ2) is 7.42. The van der Waals surface area contributed by atoms with E-state index in [0.717, 1.165) is 0 Å². The molecule has 2 aromatic rings. The molecular weight excluding hydrogens is 371 g/mol. The number of sulfonamides is 1. The first kappa shape index (κ1) is 18.6. The van der Waals surface area contributed by atoms with Crippen LogP contribution in [0.2, 0.25) is 10.0 Å². The van der Waals surface area contributed by atoms with Crippen LogP contribution in [-0.4, -0.2) is 20.4 Å². The van der Waals surface area contributed by atoms with Gasteiger partial charge in [0.1, 0.15) is 0 Å². The average molecular weight is 387 g/mol. The fourth-order valence-corrected chi connectivity index (χ4v) is 3.50. The number of hydrogen-bond donors (Lipinski definition) is 2. The van der Waals surface area contributed by atoms with Crippen LogP contribution in [0.5, 0.6) is 0 Å². The summed E-state index contributed by atoms with van der Waals surface area (Å²) in [6.45, 7) is 3.69. The molecule has 0 bridgehead atoms. The molecule has 0 aliphatic rings. The zero-order valence-corrected chi connectivity index (χ0v) is 15.3. The van der Waals surface area contributed by atoms with Gasteiger partial charge in [0.25, 0.3) is 15.9 Å². The zero-order valence-electron chi connectivity index (χ0n) is 13.0. The van der Waals surface area contributed by atoms with Gasteiger partial charge >= 0.3 is 0 Å². The molecule has 0 unspecified atom stereocenters. The molecule has 8 heteroatoms. The predicted molar refractivity (Wildman–Crippen MR) is 96.3 cm³/mol. The van der Waals surface area contributed by atoms with Crippen LogP contribution in [0.25, 0.3) is 0 Å². The van der Waals surface area contributed by atoms with Gasteiger partial charge in [0.2, 0.25) is 0 Å². The average Bonchev–Trinajstić information content (AvgIpc) is 2.49. The summed E-state index contributed by atoms with van der Waals surface area (Å²) in [7, 11) is -3.82. The van der Waals surface area contributed by atoms with Gasteiger partial charge in [-0.15, -0.1) is 0 Å². The normalized spacial score (nSPS) is 11.4. The summed E-state index contributed by atoms with van der Waals surface area (Å²) in [5, 5.41) is 3.34. The maximum atomic E-state index is 12.4. The van der Waals surface area contributed by atoms with Crippen molar-refractivity contribution in [1.29, 1.82) is 0 Å². The highest BCUT2D eigenvalue weighted by Gasteiger charge is 2.17. The molecule has 0 aliphatic carbocycles. The van der Waals surface area contributed by atoms with Gasteiger partial charge in [0.15, 0.2) is 0 Å². The van der Waals surface area contributed by atoms with Gasteiger partial charge in [-0.2, -0.15) is 0 Å². The van der Waals surface area contributed by atoms with Crippen molar-refractivity contribution in [2.45, 2.75) is 24.8 Å². The van der Waals surface area contributed by atoms with Crippen molar-refractivity contribution in [3.63, 3.8) is 0 Å². The summed E-state index contributed by atoms with van der Waals surface area (Å²) >= 11 is 11.8. The van der Waals surface area contributed by atoms with Crippen molar-refractivity contribution in [1.82, 2.24) is 5.32 Å². The Balaban J connectivity index is 2.22. The number of carbonyl (C=O) groups is 1. The number of halogens is 2. The standard InChI is InChI=1S/C16H16Cl2N2O3S/c1-10(2)19-16(21)11-3-6-13(7-4-11)24(22,23)20-15-8-5-12(17)9-14(15)18/h3-10,20H,1-2H3,(H,19,21). The van der Waals surface area contributed by atoms with Crippen LogP contribution in [0.4, 0.5) is 5.69 Å². The van der Waals surface area contributed by atoms with Crippen LogP contribution in [-0.2, 0) is 10.0 Å².